The molecule has 0 aliphatic heterocycles. The van der Waals surface area contributed by atoms with E-state index in [4.69, 9.17) is 0 Å². The molecule has 1 aromatic heterocycles. The van der Waals surface area contributed by atoms with Crippen LogP contribution in [0.5, 0.6) is 0 Å². The number of rotatable bonds is 5. The number of aliphatic hydroxyl groups excluding tert-OH is 1. The van der Waals surface area contributed by atoms with Gasteiger partial charge in [-0.25, -0.2) is 4.39 Å². The zero-order valence-electron chi connectivity index (χ0n) is 11.2. The molecule has 2 aromatic rings. The molecule has 1 unspecified atom stereocenters. The fraction of sp³-hybridized carbons (Fsp3) is 0.400. The van der Waals surface area contributed by atoms with E-state index in [1.54, 1.807) is 12.3 Å². The van der Waals surface area contributed by atoms with E-state index in [0.717, 1.165) is 16.5 Å². The first-order chi connectivity index (χ1) is 9.08. The first-order valence-electron chi connectivity index (χ1n) is 6.50. The van der Waals surface area contributed by atoms with Crippen LogP contribution in [0.4, 0.5) is 4.39 Å². The zero-order chi connectivity index (χ0) is 13.8. The fourth-order valence-electron chi connectivity index (χ4n) is 1.95. The van der Waals surface area contributed by atoms with Gasteiger partial charge in [-0.05, 0) is 29.7 Å². The SMILES string of the molecule is CC(C)C(O)CNCc1cc(F)cc2cccnc12. The number of hydrogen-bond acceptors (Lipinski definition) is 3. The Morgan fingerprint density at radius 2 is 2.16 bits per heavy atom. The molecule has 1 aromatic carbocycles. The minimum atomic E-state index is -0.396. The summed E-state index contributed by atoms with van der Waals surface area (Å²) in [5.74, 6) is -0.0587. The highest BCUT2D eigenvalue weighted by molar-refractivity contribution is 5.81. The predicted molar refractivity (Wildman–Crippen MR) is 74.3 cm³/mol. The summed E-state index contributed by atoms with van der Waals surface area (Å²) in [6, 6.07) is 6.61. The van der Waals surface area contributed by atoms with Crippen molar-refractivity contribution in [3.8, 4) is 0 Å². The Bertz CT molecular complexity index is 557. The maximum Gasteiger partial charge on any atom is 0.124 e. The van der Waals surface area contributed by atoms with Crippen LogP contribution in [0.1, 0.15) is 19.4 Å². The van der Waals surface area contributed by atoms with Gasteiger partial charge < -0.3 is 10.4 Å². The number of benzene rings is 1. The van der Waals surface area contributed by atoms with E-state index < -0.39 is 6.10 Å². The molecule has 0 saturated carbocycles. The summed E-state index contributed by atoms with van der Waals surface area (Å²) >= 11 is 0. The lowest BCUT2D eigenvalue weighted by atomic mass is 10.1. The highest BCUT2D eigenvalue weighted by atomic mass is 19.1. The van der Waals surface area contributed by atoms with Gasteiger partial charge in [-0.2, -0.15) is 0 Å². The molecule has 3 nitrogen and oxygen atoms in total. The van der Waals surface area contributed by atoms with Gasteiger partial charge in [-0.3, -0.25) is 4.98 Å². The molecule has 0 aliphatic carbocycles. The maximum absolute atomic E-state index is 13.5. The van der Waals surface area contributed by atoms with E-state index in [-0.39, 0.29) is 11.7 Å². The first kappa shape index (κ1) is 13.9. The van der Waals surface area contributed by atoms with E-state index in [1.165, 1.54) is 12.1 Å². The van der Waals surface area contributed by atoms with Crippen molar-refractivity contribution in [1.29, 1.82) is 0 Å². The molecule has 0 spiro atoms. The molecule has 0 saturated heterocycles. The van der Waals surface area contributed by atoms with Crippen LogP contribution in [0.3, 0.4) is 0 Å². The topological polar surface area (TPSA) is 45.1 Å². The van der Waals surface area contributed by atoms with E-state index in [9.17, 15) is 9.50 Å². The van der Waals surface area contributed by atoms with Crippen LogP contribution in [0.15, 0.2) is 30.5 Å². The van der Waals surface area contributed by atoms with E-state index in [2.05, 4.69) is 10.3 Å². The lowest BCUT2D eigenvalue weighted by Crippen LogP contribution is -2.30. The van der Waals surface area contributed by atoms with Crippen LogP contribution in [0.25, 0.3) is 10.9 Å². The molecule has 0 bridgehead atoms. The van der Waals surface area contributed by atoms with E-state index >= 15 is 0 Å². The molecule has 102 valence electrons. The quantitative estimate of drug-likeness (QED) is 0.870. The summed E-state index contributed by atoms with van der Waals surface area (Å²) in [4.78, 5) is 4.29. The highest BCUT2D eigenvalue weighted by Crippen LogP contribution is 2.18. The lowest BCUT2D eigenvalue weighted by Gasteiger charge is -2.15. The fourth-order valence-corrected chi connectivity index (χ4v) is 1.95. The largest absolute Gasteiger partial charge is 0.392 e. The molecular formula is C15H19FN2O. The number of aliphatic hydroxyl groups is 1. The van der Waals surface area contributed by atoms with E-state index in [0.29, 0.717) is 13.1 Å². The third-order valence-corrected chi connectivity index (χ3v) is 3.19. The Labute approximate surface area is 112 Å². The minimum Gasteiger partial charge on any atom is -0.392 e. The van der Waals surface area contributed by atoms with Gasteiger partial charge in [0.15, 0.2) is 0 Å². The van der Waals surface area contributed by atoms with Gasteiger partial charge in [0.25, 0.3) is 0 Å². The highest BCUT2D eigenvalue weighted by Gasteiger charge is 2.09. The molecule has 0 aliphatic rings. The minimum absolute atomic E-state index is 0.204. The van der Waals surface area contributed by atoms with Gasteiger partial charge in [0, 0.05) is 24.7 Å². The normalized spacial score (nSPS) is 13.1. The standard InChI is InChI=1S/C15H19FN2O/c1-10(2)14(19)9-17-8-12-7-13(16)6-11-4-3-5-18-15(11)12/h3-7,10,14,17,19H,8-9H2,1-2H3. The number of hydrogen-bond donors (Lipinski definition) is 2. The number of aromatic nitrogens is 1. The van der Waals surface area contributed by atoms with Crippen molar-refractivity contribution in [2.75, 3.05) is 6.54 Å². The average molecular weight is 262 g/mol. The summed E-state index contributed by atoms with van der Waals surface area (Å²) in [6.45, 7) is 4.91. The Balaban J connectivity index is 2.12. The van der Waals surface area contributed by atoms with Crippen molar-refractivity contribution in [3.05, 3.63) is 41.8 Å². The first-order valence-corrected chi connectivity index (χ1v) is 6.50. The smallest absolute Gasteiger partial charge is 0.124 e. The monoisotopic (exact) mass is 262 g/mol. The van der Waals surface area contributed by atoms with Crippen molar-refractivity contribution < 1.29 is 9.50 Å². The third-order valence-electron chi connectivity index (χ3n) is 3.19. The van der Waals surface area contributed by atoms with Crippen molar-refractivity contribution in [1.82, 2.24) is 10.3 Å². The Morgan fingerprint density at radius 3 is 2.89 bits per heavy atom. The van der Waals surface area contributed by atoms with Crippen LogP contribution in [0.2, 0.25) is 0 Å². The van der Waals surface area contributed by atoms with Crippen LogP contribution in [-0.2, 0) is 6.54 Å². The summed E-state index contributed by atoms with van der Waals surface area (Å²) in [6.07, 6.45) is 1.31. The molecular weight excluding hydrogens is 243 g/mol. The van der Waals surface area contributed by atoms with Gasteiger partial charge >= 0.3 is 0 Å². The molecule has 1 atom stereocenters. The van der Waals surface area contributed by atoms with Crippen molar-refractivity contribution >= 4 is 10.9 Å². The predicted octanol–water partition coefficient (Wildman–Crippen LogP) is 2.48. The molecule has 0 fully saturated rings. The summed E-state index contributed by atoms with van der Waals surface area (Å²) < 4.78 is 13.5. The second-order valence-corrected chi connectivity index (χ2v) is 5.08. The van der Waals surface area contributed by atoms with Crippen LogP contribution in [-0.4, -0.2) is 22.7 Å². The molecule has 19 heavy (non-hydrogen) atoms. The molecule has 1 heterocycles. The average Bonchev–Trinajstić information content (AvgIpc) is 2.38. The molecule has 0 radical (unpaired) electrons. The third kappa shape index (κ3) is 3.49. The van der Waals surface area contributed by atoms with Crippen molar-refractivity contribution in [2.24, 2.45) is 5.92 Å². The molecule has 4 heteroatoms. The number of fused-ring (bicyclic) bond motifs is 1. The second kappa shape index (κ2) is 6.08. The second-order valence-electron chi connectivity index (χ2n) is 5.08. The molecule has 0 amide bonds. The van der Waals surface area contributed by atoms with Gasteiger partial charge in [-0.15, -0.1) is 0 Å². The Kier molecular flexibility index (Phi) is 4.45. The van der Waals surface area contributed by atoms with Crippen LogP contribution < -0.4 is 5.32 Å². The lowest BCUT2D eigenvalue weighted by molar-refractivity contribution is 0.123. The van der Waals surface area contributed by atoms with Gasteiger partial charge in [0.05, 0.1) is 11.6 Å². The van der Waals surface area contributed by atoms with Gasteiger partial charge in [0.1, 0.15) is 5.82 Å². The van der Waals surface area contributed by atoms with Gasteiger partial charge in [-0.1, -0.05) is 19.9 Å². The van der Waals surface area contributed by atoms with Crippen LogP contribution >= 0.6 is 0 Å². The summed E-state index contributed by atoms with van der Waals surface area (Å²) in [7, 11) is 0. The number of nitrogens with zero attached hydrogens (tertiary/aromatic N) is 1. The van der Waals surface area contributed by atoms with E-state index in [1.807, 2.05) is 19.9 Å². The summed E-state index contributed by atoms with van der Waals surface area (Å²) in [5, 5.41) is 13.7. The Hall–Kier alpha value is -1.52. The molecule has 2 rings (SSSR count). The molecule has 2 N–H and O–H groups in total. The Morgan fingerprint density at radius 1 is 1.37 bits per heavy atom. The number of pyridine rings is 1. The summed E-state index contributed by atoms with van der Waals surface area (Å²) in [5.41, 5.74) is 1.61. The van der Waals surface area contributed by atoms with Gasteiger partial charge in [0.2, 0.25) is 0 Å². The van der Waals surface area contributed by atoms with Crippen LogP contribution in [0, 0.1) is 11.7 Å². The zero-order valence-corrected chi connectivity index (χ0v) is 11.2. The number of nitrogens with one attached hydrogen (secondary N) is 1. The number of halogens is 1. The van der Waals surface area contributed by atoms with Crippen molar-refractivity contribution in [3.63, 3.8) is 0 Å². The van der Waals surface area contributed by atoms with Crippen molar-refractivity contribution in [2.45, 2.75) is 26.5 Å². The maximum atomic E-state index is 13.5.